The van der Waals surface area contributed by atoms with Gasteiger partial charge in [0.05, 0.1) is 13.2 Å². The maximum atomic E-state index is 10.1. The Morgan fingerprint density at radius 1 is 1.30 bits per heavy atom. The first-order valence-corrected chi connectivity index (χ1v) is 7.64. The molecule has 0 aliphatic heterocycles. The van der Waals surface area contributed by atoms with Crippen LogP contribution < -0.4 is 9.64 Å². The number of methoxy groups -OCH3 is 1. The van der Waals surface area contributed by atoms with Gasteiger partial charge in [-0.1, -0.05) is 25.8 Å². The topological polar surface area (TPSA) is 32.7 Å². The molecule has 3 heteroatoms. The van der Waals surface area contributed by atoms with Gasteiger partial charge >= 0.3 is 0 Å². The molecule has 1 fully saturated rings. The highest BCUT2D eigenvalue weighted by atomic mass is 16.5. The molecule has 3 atom stereocenters. The van der Waals surface area contributed by atoms with Crippen LogP contribution in [0.3, 0.4) is 0 Å². The smallest absolute Gasteiger partial charge is 0.126 e. The van der Waals surface area contributed by atoms with Gasteiger partial charge < -0.3 is 14.7 Å². The Labute approximate surface area is 122 Å². The van der Waals surface area contributed by atoms with Crippen molar-refractivity contribution in [1.29, 1.82) is 0 Å². The lowest BCUT2D eigenvalue weighted by atomic mass is 9.84. The molecular weight excluding hydrogens is 250 g/mol. The van der Waals surface area contributed by atoms with Gasteiger partial charge in [-0.15, -0.1) is 0 Å². The molecule has 1 aromatic carbocycles. The fourth-order valence-corrected chi connectivity index (χ4v) is 3.49. The molecule has 3 nitrogen and oxygen atoms in total. The van der Waals surface area contributed by atoms with E-state index in [1.807, 2.05) is 12.1 Å². The third-order valence-corrected chi connectivity index (χ3v) is 4.62. The normalized spacial score (nSPS) is 24.2. The highest BCUT2D eigenvalue weighted by molar-refractivity contribution is 5.60. The monoisotopic (exact) mass is 277 g/mol. The van der Waals surface area contributed by atoms with E-state index in [1.54, 1.807) is 14.0 Å². The molecule has 0 radical (unpaired) electrons. The lowest BCUT2D eigenvalue weighted by molar-refractivity contribution is 0.194. The molecule has 0 heterocycles. The molecule has 2 rings (SSSR count). The van der Waals surface area contributed by atoms with Crippen LogP contribution in [0.4, 0.5) is 5.69 Å². The van der Waals surface area contributed by atoms with Crippen molar-refractivity contribution in [2.45, 2.75) is 51.7 Å². The third-order valence-electron chi connectivity index (χ3n) is 4.62. The zero-order valence-electron chi connectivity index (χ0n) is 13.1. The van der Waals surface area contributed by atoms with E-state index in [2.05, 4.69) is 24.9 Å². The van der Waals surface area contributed by atoms with Gasteiger partial charge in [-0.25, -0.2) is 0 Å². The first kappa shape index (κ1) is 15.2. The second-order valence-corrected chi connectivity index (χ2v) is 6.01. The van der Waals surface area contributed by atoms with Crippen molar-refractivity contribution in [2.75, 3.05) is 19.1 Å². The van der Waals surface area contributed by atoms with Crippen molar-refractivity contribution in [3.05, 3.63) is 23.8 Å². The number of hydrogen-bond donors (Lipinski definition) is 1. The molecule has 0 aromatic heterocycles. The van der Waals surface area contributed by atoms with Gasteiger partial charge in [0.2, 0.25) is 0 Å². The molecule has 1 N–H and O–H groups in total. The van der Waals surface area contributed by atoms with E-state index in [0.29, 0.717) is 12.0 Å². The Morgan fingerprint density at radius 3 is 2.60 bits per heavy atom. The van der Waals surface area contributed by atoms with E-state index in [0.717, 1.165) is 17.0 Å². The SMILES string of the molecule is COc1cccc(N(C)C2CCCCC2C)c1C(C)O. The average Bonchev–Trinajstić information content (AvgIpc) is 2.46. The van der Waals surface area contributed by atoms with E-state index in [-0.39, 0.29) is 0 Å². The van der Waals surface area contributed by atoms with E-state index in [9.17, 15) is 5.11 Å². The maximum Gasteiger partial charge on any atom is 0.126 e. The lowest BCUT2D eigenvalue weighted by Crippen LogP contribution is -2.39. The van der Waals surface area contributed by atoms with Crippen LogP contribution in [0, 0.1) is 5.92 Å². The van der Waals surface area contributed by atoms with Crippen LogP contribution in [0.25, 0.3) is 0 Å². The zero-order chi connectivity index (χ0) is 14.7. The number of ether oxygens (including phenoxy) is 1. The first-order chi connectivity index (χ1) is 9.56. The summed E-state index contributed by atoms with van der Waals surface area (Å²) >= 11 is 0. The molecule has 0 amide bonds. The highest BCUT2D eigenvalue weighted by Crippen LogP contribution is 2.38. The molecule has 20 heavy (non-hydrogen) atoms. The molecule has 1 aliphatic rings. The van der Waals surface area contributed by atoms with Crippen LogP contribution >= 0.6 is 0 Å². The second kappa shape index (κ2) is 6.49. The summed E-state index contributed by atoms with van der Waals surface area (Å²) in [5, 5.41) is 10.1. The number of anilines is 1. The van der Waals surface area contributed by atoms with E-state index in [1.165, 1.54) is 25.7 Å². The van der Waals surface area contributed by atoms with Crippen LogP contribution in [0.15, 0.2) is 18.2 Å². The largest absolute Gasteiger partial charge is 0.496 e. The summed E-state index contributed by atoms with van der Waals surface area (Å²) in [6.07, 6.45) is 4.64. The average molecular weight is 277 g/mol. The summed E-state index contributed by atoms with van der Waals surface area (Å²) in [6, 6.07) is 6.56. The number of benzene rings is 1. The molecule has 0 spiro atoms. The van der Waals surface area contributed by atoms with Crippen molar-refractivity contribution < 1.29 is 9.84 Å². The Balaban J connectivity index is 2.35. The Kier molecular flexibility index (Phi) is 4.92. The van der Waals surface area contributed by atoms with Crippen molar-refractivity contribution >= 4 is 5.69 Å². The zero-order valence-corrected chi connectivity index (χ0v) is 13.1. The molecule has 0 bridgehead atoms. The number of aliphatic hydroxyl groups excluding tert-OH is 1. The Bertz CT molecular complexity index is 445. The van der Waals surface area contributed by atoms with E-state index >= 15 is 0 Å². The van der Waals surface area contributed by atoms with Crippen molar-refractivity contribution in [3.63, 3.8) is 0 Å². The summed E-state index contributed by atoms with van der Waals surface area (Å²) < 4.78 is 5.42. The maximum absolute atomic E-state index is 10.1. The van der Waals surface area contributed by atoms with Gasteiger partial charge in [0, 0.05) is 24.3 Å². The minimum atomic E-state index is -0.525. The predicted octanol–water partition coefficient (Wildman–Crippen LogP) is 3.76. The van der Waals surface area contributed by atoms with Gasteiger partial charge in [-0.2, -0.15) is 0 Å². The van der Waals surface area contributed by atoms with Gasteiger partial charge in [-0.05, 0) is 37.8 Å². The van der Waals surface area contributed by atoms with Gasteiger partial charge in [0.25, 0.3) is 0 Å². The minimum absolute atomic E-state index is 0.525. The number of hydrogen-bond acceptors (Lipinski definition) is 3. The summed E-state index contributed by atoms with van der Waals surface area (Å²) in [7, 11) is 3.81. The lowest BCUT2D eigenvalue weighted by Gasteiger charge is -2.39. The van der Waals surface area contributed by atoms with Crippen molar-refractivity contribution in [1.82, 2.24) is 0 Å². The van der Waals surface area contributed by atoms with Crippen LogP contribution in [0.2, 0.25) is 0 Å². The first-order valence-electron chi connectivity index (χ1n) is 7.64. The molecule has 1 aromatic rings. The van der Waals surface area contributed by atoms with Crippen LogP contribution in [0.5, 0.6) is 5.75 Å². The summed E-state index contributed by atoms with van der Waals surface area (Å²) in [5.74, 6) is 1.47. The van der Waals surface area contributed by atoms with Crippen molar-refractivity contribution in [2.24, 2.45) is 5.92 Å². The molecule has 0 saturated heterocycles. The Hall–Kier alpha value is -1.22. The summed E-state index contributed by atoms with van der Waals surface area (Å²) in [6.45, 7) is 4.14. The van der Waals surface area contributed by atoms with E-state index < -0.39 is 6.10 Å². The number of nitrogens with zero attached hydrogens (tertiary/aromatic N) is 1. The second-order valence-electron chi connectivity index (χ2n) is 6.01. The highest BCUT2D eigenvalue weighted by Gasteiger charge is 2.27. The van der Waals surface area contributed by atoms with Gasteiger partial charge in [-0.3, -0.25) is 0 Å². The van der Waals surface area contributed by atoms with Crippen LogP contribution in [0.1, 0.15) is 51.2 Å². The van der Waals surface area contributed by atoms with Crippen LogP contribution in [-0.2, 0) is 0 Å². The van der Waals surface area contributed by atoms with Gasteiger partial charge in [0.1, 0.15) is 5.75 Å². The number of rotatable bonds is 4. The van der Waals surface area contributed by atoms with Crippen molar-refractivity contribution in [3.8, 4) is 5.75 Å². The third kappa shape index (κ3) is 2.93. The fraction of sp³-hybridized carbons (Fsp3) is 0.647. The molecule has 112 valence electrons. The van der Waals surface area contributed by atoms with Crippen LogP contribution in [-0.4, -0.2) is 25.3 Å². The standard InChI is InChI=1S/C17H27NO2/c1-12-8-5-6-9-14(12)18(3)15-10-7-11-16(20-4)17(15)13(2)19/h7,10-14,19H,5-6,8-9H2,1-4H3. The van der Waals surface area contributed by atoms with Gasteiger partial charge in [0.15, 0.2) is 0 Å². The number of aliphatic hydroxyl groups is 1. The molecule has 1 saturated carbocycles. The van der Waals surface area contributed by atoms with E-state index in [4.69, 9.17) is 4.74 Å². The molecule has 3 unspecified atom stereocenters. The quantitative estimate of drug-likeness (QED) is 0.909. The molecular formula is C17H27NO2. The minimum Gasteiger partial charge on any atom is -0.496 e. The Morgan fingerprint density at radius 2 is 2.00 bits per heavy atom. The molecule has 1 aliphatic carbocycles. The predicted molar refractivity (Wildman–Crippen MR) is 83.5 cm³/mol. The summed E-state index contributed by atoms with van der Waals surface area (Å²) in [5.41, 5.74) is 1.99. The fourth-order valence-electron chi connectivity index (χ4n) is 3.49. The summed E-state index contributed by atoms with van der Waals surface area (Å²) in [4.78, 5) is 2.34.